The standard InChI is InChI=1S/C22H26FNO/c1-2-25-21-14-13-20(24-22(21)23)19-11-9-18(10-12-19)17-7-5-16(6-8-17)15-3-4-15/h9-17H,2-8H2,1H3. The van der Waals surface area contributed by atoms with Crippen LogP contribution in [-0.2, 0) is 0 Å². The quantitative estimate of drug-likeness (QED) is 0.626. The van der Waals surface area contributed by atoms with Gasteiger partial charge in [-0.2, -0.15) is 4.39 Å². The molecule has 0 amide bonds. The van der Waals surface area contributed by atoms with Crippen LogP contribution in [-0.4, -0.2) is 11.6 Å². The third kappa shape index (κ3) is 3.70. The Morgan fingerprint density at radius 3 is 2.12 bits per heavy atom. The zero-order valence-corrected chi connectivity index (χ0v) is 14.9. The zero-order valence-electron chi connectivity index (χ0n) is 14.9. The van der Waals surface area contributed by atoms with Crippen molar-refractivity contribution in [2.75, 3.05) is 6.61 Å². The summed E-state index contributed by atoms with van der Waals surface area (Å²) in [4.78, 5) is 4.05. The molecule has 2 aliphatic rings. The van der Waals surface area contributed by atoms with Crippen molar-refractivity contribution < 1.29 is 9.13 Å². The van der Waals surface area contributed by atoms with Crippen molar-refractivity contribution in [3.63, 3.8) is 0 Å². The smallest absolute Gasteiger partial charge is 0.255 e. The lowest BCUT2D eigenvalue weighted by Crippen LogP contribution is -2.14. The minimum Gasteiger partial charge on any atom is -0.489 e. The molecular weight excluding hydrogens is 313 g/mol. The van der Waals surface area contributed by atoms with Crippen LogP contribution in [0, 0.1) is 17.8 Å². The van der Waals surface area contributed by atoms with Gasteiger partial charge in [-0.05, 0) is 80.9 Å². The van der Waals surface area contributed by atoms with E-state index >= 15 is 0 Å². The molecule has 2 aliphatic carbocycles. The molecule has 0 saturated heterocycles. The lowest BCUT2D eigenvalue weighted by molar-refractivity contribution is 0.296. The van der Waals surface area contributed by atoms with Crippen molar-refractivity contribution in [1.82, 2.24) is 4.98 Å². The second kappa shape index (κ2) is 7.15. The largest absolute Gasteiger partial charge is 0.489 e. The number of nitrogens with zero attached hydrogens (tertiary/aromatic N) is 1. The average Bonchev–Trinajstić information content (AvgIpc) is 3.49. The number of hydrogen-bond donors (Lipinski definition) is 0. The summed E-state index contributed by atoms with van der Waals surface area (Å²) in [5.74, 6) is 2.40. The third-order valence-electron chi connectivity index (χ3n) is 5.85. The van der Waals surface area contributed by atoms with Crippen LogP contribution in [0.1, 0.15) is 56.9 Å². The molecule has 132 valence electrons. The number of hydrogen-bond acceptors (Lipinski definition) is 2. The highest BCUT2D eigenvalue weighted by Crippen LogP contribution is 2.47. The monoisotopic (exact) mass is 339 g/mol. The van der Waals surface area contributed by atoms with E-state index in [1.165, 1.54) is 44.1 Å². The molecule has 2 aromatic rings. The van der Waals surface area contributed by atoms with Crippen molar-refractivity contribution in [1.29, 1.82) is 0 Å². The van der Waals surface area contributed by atoms with Crippen molar-refractivity contribution in [3.05, 3.63) is 47.9 Å². The fraction of sp³-hybridized carbons (Fsp3) is 0.500. The number of benzene rings is 1. The molecule has 1 aromatic carbocycles. The summed E-state index contributed by atoms with van der Waals surface area (Å²) in [5.41, 5.74) is 3.03. The topological polar surface area (TPSA) is 22.1 Å². The first-order chi connectivity index (χ1) is 12.2. The summed E-state index contributed by atoms with van der Waals surface area (Å²) < 4.78 is 19.2. The Labute approximate surface area is 149 Å². The Morgan fingerprint density at radius 2 is 1.56 bits per heavy atom. The Kier molecular flexibility index (Phi) is 4.74. The first kappa shape index (κ1) is 16.6. The van der Waals surface area contributed by atoms with Gasteiger partial charge in [-0.1, -0.05) is 24.3 Å². The maximum Gasteiger partial charge on any atom is 0.255 e. The van der Waals surface area contributed by atoms with Crippen LogP contribution in [0.15, 0.2) is 36.4 Å². The Balaban J connectivity index is 1.44. The predicted molar refractivity (Wildman–Crippen MR) is 98.2 cm³/mol. The van der Waals surface area contributed by atoms with Gasteiger partial charge in [-0.25, -0.2) is 4.98 Å². The first-order valence-corrected chi connectivity index (χ1v) is 9.64. The molecular formula is C22H26FNO. The molecule has 4 rings (SSSR count). The maximum absolute atomic E-state index is 14.0. The summed E-state index contributed by atoms with van der Waals surface area (Å²) in [6.07, 6.45) is 8.35. The number of ether oxygens (including phenoxy) is 1. The highest BCUT2D eigenvalue weighted by atomic mass is 19.1. The van der Waals surface area contributed by atoms with Crippen LogP contribution in [0.2, 0.25) is 0 Å². The van der Waals surface area contributed by atoms with Crippen LogP contribution in [0.25, 0.3) is 11.3 Å². The van der Waals surface area contributed by atoms with Gasteiger partial charge >= 0.3 is 0 Å². The van der Waals surface area contributed by atoms with Gasteiger partial charge in [0.15, 0.2) is 5.75 Å². The Bertz CT molecular complexity index is 715. The summed E-state index contributed by atoms with van der Waals surface area (Å²) in [5, 5.41) is 0. The lowest BCUT2D eigenvalue weighted by Gasteiger charge is -2.29. The molecule has 0 unspecified atom stereocenters. The fourth-order valence-electron chi connectivity index (χ4n) is 4.26. The van der Waals surface area contributed by atoms with E-state index in [-0.39, 0.29) is 5.75 Å². The van der Waals surface area contributed by atoms with Gasteiger partial charge in [-0.3, -0.25) is 0 Å². The Morgan fingerprint density at radius 1 is 0.920 bits per heavy atom. The van der Waals surface area contributed by atoms with Gasteiger partial charge in [0.2, 0.25) is 0 Å². The maximum atomic E-state index is 14.0. The molecule has 0 N–H and O–H groups in total. The van der Waals surface area contributed by atoms with Crippen LogP contribution in [0.3, 0.4) is 0 Å². The highest BCUT2D eigenvalue weighted by Gasteiger charge is 2.34. The first-order valence-electron chi connectivity index (χ1n) is 9.64. The van der Waals surface area contributed by atoms with Gasteiger partial charge in [0.1, 0.15) is 0 Å². The van der Waals surface area contributed by atoms with Gasteiger partial charge in [-0.15, -0.1) is 0 Å². The summed E-state index contributed by atoms with van der Waals surface area (Å²) in [7, 11) is 0. The molecule has 2 fully saturated rings. The number of aromatic nitrogens is 1. The van der Waals surface area contributed by atoms with Gasteiger partial charge in [0.05, 0.1) is 12.3 Å². The van der Waals surface area contributed by atoms with Crippen molar-refractivity contribution in [2.24, 2.45) is 11.8 Å². The molecule has 0 radical (unpaired) electrons. The van der Waals surface area contributed by atoms with Crippen LogP contribution in [0.5, 0.6) is 5.75 Å². The van der Waals surface area contributed by atoms with E-state index in [2.05, 4.69) is 29.2 Å². The molecule has 0 spiro atoms. The van der Waals surface area contributed by atoms with Gasteiger partial charge < -0.3 is 4.74 Å². The Hall–Kier alpha value is -1.90. The average molecular weight is 339 g/mol. The molecule has 2 nitrogen and oxygen atoms in total. The number of pyridine rings is 1. The zero-order chi connectivity index (χ0) is 17.2. The summed E-state index contributed by atoms with van der Waals surface area (Å²) in [6.45, 7) is 2.28. The van der Waals surface area contributed by atoms with E-state index in [0.29, 0.717) is 18.2 Å². The SMILES string of the molecule is CCOc1ccc(-c2ccc(C3CCC(C4CC4)CC3)cc2)nc1F. The second-order valence-corrected chi connectivity index (χ2v) is 7.49. The summed E-state index contributed by atoms with van der Waals surface area (Å²) in [6, 6.07) is 12.0. The molecule has 0 bridgehead atoms. The minimum absolute atomic E-state index is 0.218. The van der Waals surface area contributed by atoms with Gasteiger partial charge in [0, 0.05) is 5.56 Å². The summed E-state index contributed by atoms with van der Waals surface area (Å²) >= 11 is 0. The van der Waals surface area contributed by atoms with E-state index < -0.39 is 5.95 Å². The van der Waals surface area contributed by atoms with E-state index in [4.69, 9.17) is 4.74 Å². The molecule has 3 heteroatoms. The van der Waals surface area contributed by atoms with E-state index in [9.17, 15) is 4.39 Å². The van der Waals surface area contributed by atoms with E-state index in [0.717, 1.165) is 17.4 Å². The van der Waals surface area contributed by atoms with Crippen molar-refractivity contribution in [3.8, 4) is 17.0 Å². The van der Waals surface area contributed by atoms with E-state index in [1.807, 2.05) is 13.0 Å². The third-order valence-corrected chi connectivity index (χ3v) is 5.85. The normalized spacial score (nSPS) is 23.4. The minimum atomic E-state index is -0.540. The number of rotatable bonds is 5. The van der Waals surface area contributed by atoms with Crippen molar-refractivity contribution in [2.45, 2.75) is 51.4 Å². The molecule has 2 saturated carbocycles. The molecule has 1 aromatic heterocycles. The van der Waals surface area contributed by atoms with Crippen LogP contribution >= 0.6 is 0 Å². The van der Waals surface area contributed by atoms with Crippen LogP contribution < -0.4 is 4.74 Å². The second-order valence-electron chi connectivity index (χ2n) is 7.49. The molecule has 0 atom stereocenters. The number of halogens is 1. The lowest BCUT2D eigenvalue weighted by atomic mass is 9.77. The predicted octanol–water partition coefficient (Wildman–Crippen LogP) is 5.97. The van der Waals surface area contributed by atoms with Crippen LogP contribution in [0.4, 0.5) is 4.39 Å². The molecule has 25 heavy (non-hydrogen) atoms. The van der Waals surface area contributed by atoms with Crippen molar-refractivity contribution >= 4 is 0 Å². The van der Waals surface area contributed by atoms with Gasteiger partial charge in [0.25, 0.3) is 5.95 Å². The molecule has 0 aliphatic heterocycles. The fourth-order valence-corrected chi connectivity index (χ4v) is 4.26. The molecule has 1 heterocycles. The highest BCUT2D eigenvalue weighted by molar-refractivity contribution is 5.60. The van der Waals surface area contributed by atoms with E-state index in [1.54, 1.807) is 6.07 Å².